The van der Waals surface area contributed by atoms with Gasteiger partial charge in [0.05, 0.1) is 17.8 Å². The summed E-state index contributed by atoms with van der Waals surface area (Å²) in [5, 5.41) is 43.5. The van der Waals surface area contributed by atoms with Crippen molar-refractivity contribution in [3.8, 4) is 34.1 Å². The average molecular weight is 399 g/mol. The number of pyridine rings is 1. The fraction of sp³-hybridized carbons (Fsp3) is 0.261. The molecule has 0 atom stereocenters. The minimum atomic E-state index is -0.380. The van der Waals surface area contributed by atoms with Gasteiger partial charge in [-0.2, -0.15) is 0 Å². The predicted octanol–water partition coefficient (Wildman–Crippen LogP) is 5.54. The molecule has 2 aromatic carbocycles. The third-order valence-electron chi connectivity index (χ3n) is 3.96. The Morgan fingerprint density at radius 1 is 0.759 bits per heavy atom. The molecule has 0 aliphatic rings. The van der Waals surface area contributed by atoms with E-state index >= 15 is 0 Å². The van der Waals surface area contributed by atoms with Crippen LogP contribution in [-0.4, -0.2) is 25.4 Å². The number of aromatic hydroxyl groups is 4. The molecule has 0 bridgehead atoms. The van der Waals surface area contributed by atoms with E-state index in [0.717, 1.165) is 5.69 Å². The molecule has 0 saturated carbocycles. The van der Waals surface area contributed by atoms with E-state index in [1.54, 1.807) is 25.3 Å². The summed E-state index contributed by atoms with van der Waals surface area (Å²) < 4.78 is 0. The Kier molecular flexibility index (Phi) is 9.32. The summed E-state index contributed by atoms with van der Waals surface area (Å²) in [5.41, 5.74) is 2.37. The lowest BCUT2D eigenvalue weighted by molar-refractivity contribution is 0.400. The monoisotopic (exact) mass is 398 g/mol. The highest BCUT2D eigenvalue weighted by Gasteiger charge is 2.21. The first-order valence-electron chi connectivity index (χ1n) is 9.69. The van der Waals surface area contributed by atoms with Crippen LogP contribution in [0.25, 0.3) is 11.1 Å². The molecular formula is C23H30N2O4. The fourth-order valence-corrected chi connectivity index (χ4v) is 2.67. The van der Waals surface area contributed by atoms with Crippen LogP contribution in [-0.2, 0) is 6.54 Å². The first kappa shape index (κ1) is 23.6. The number of phenolic OH excluding ortho intramolecular Hbond substituents is 4. The SMILES string of the molecule is CC.CC.Cc1ccc(O)c(O)c1-c1c(NCc2ccccn2)ccc(O)c1O. The molecule has 0 aliphatic carbocycles. The molecule has 0 radical (unpaired) electrons. The summed E-state index contributed by atoms with van der Waals surface area (Å²) in [5.74, 6) is -1.36. The van der Waals surface area contributed by atoms with E-state index < -0.39 is 0 Å². The van der Waals surface area contributed by atoms with Crippen LogP contribution in [0.2, 0.25) is 0 Å². The first-order valence-corrected chi connectivity index (χ1v) is 9.69. The van der Waals surface area contributed by atoms with Crippen molar-refractivity contribution in [3.63, 3.8) is 0 Å². The van der Waals surface area contributed by atoms with Crippen LogP contribution in [0.5, 0.6) is 23.0 Å². The van der Waals surface area contributed by atoms with Gasteiger partial charge in [-0.3, -0.25) is 4.98 Å². The number of aryl methyl sites for hydroxylation is 1. The third kappa shape index (κ3) is 5.54. The number of benzene rings is 2. The number of rotatable bonds is 4. The molecule has 0 spiro atoms. The van der Waals surface area contributed by atoms with Crippen LogP contribution in [0.1, 0.15) is 39.0 Å². The molecule has 0 aliphatic heterocycles. The summed E-state index contributed by atoms with van der Waals surface area (Å²) in [7, 11) is 0. The standard InChI is InChI=1S/C19H18N2O4.2C2H6/c1-11-5-7-14(22)18(24)16(11)17-13(6-8-15(23)19(17)25)21-10-12-4-2-3-9-20-12;2*1-2/h2-9,21-25H,10H2,1H3;2*1-2H3. The Balaban J connectivity index is 0.000000989. The van der Waals surface area contributed by atoms with Crippen LogP contribution in [0.4, 0.5) is 5.69 Å². The largest absolute Gasteiger partial charge is 0.504 e. The molecule has 0 saturated heterocycles. The van der Waals surface area contributed by atoms with Gasteiger partial charge in [0.2, 0.25) is 0 Å². The molecule has 156 valence electrons. The molecule has 29 heavy (non-hydrogen) atoms. The number of hydrogen-bond acceptors (Lipinski definition) is 6. The predicted molar refractivity (Wildman–Crippen MR) is 118 cm³/mol. The topological polar surface area (TPSA) is 106 Å². The molecule has 3 rings (SSSR count). The van der Waals surface area contributed by atoms with Crippen LogP contribution in [0, 0.1) is 6.92 Å². The molecule has 0 unspecified atom stereocenters. The van der Waals surface area contributed by atoms with Crippen molar-refractivity contribution >= 4 is 5.69 Å². The van der Waals surface area contributed by atoms with E-state index in [1.165, 1.54) is 12.1 Å². The maximum absolute atomic E-state index is 10.4. The van der Waals surface area contributed by atoms with Gasteiger partial charge in [0.25, 0.3) is 0 Å². The normalized spacial score (nSPS) is 9.55. The molecule has 5 N–H and O–H groups in total. The van der Waals surface area contributed by atoms with Gasteiger partial charge < -0.3 is 25.7 Å². The lowest BCUT2D eigenvalue weighted by Crippen LogP contribution is -2.03. The van der Waals surface area contributed by atoms with Crippen molar-refractivity contribution < 1.29 is 20.4 Å². The minimum Gasteiger partial charge on any atom is -0.504 e. The molecule has 3 aromatic rings. The molecule has 6 heteroatoms. The van der Waals surface area contributed by atoms with E-state index in [0.29, 0.717) is 17.8 Å². The Morgan fingerprint density at radius 2 is 1.34 bits per heavy atom. The van der Waals surface area contributed by atoms with Crippen molar-refractivity contribution in [2.24, 2.45) is 0 Å². The first-order chi connectivity index (χ1) is 14.0. The summed E-state index contributed by atoms with van der Waals surface area (Å²) >= 11 is 0. The molecule has 0 amide bonds. The Labute approximate surface area is 172 Å². The summed E-state index contributed by atoms with van der Waals surface area (Å²) in [6, 6.07) is 11.5. The zero-order chi connectivity index (χ0) is 22.0. The smallest absolute Gasteiger partial charge is 0.167 e. The van der Waals surface area contributed by atoms with Gasteiger partial charge in [0, 0.05) is 17.4 Å². The molecule has 6 nitrogen and oxygen atoms in total. The van der Waals surface area contributed by atoms with Crippen molar-refractivity contribution in [2.45, 2.75) is 41.2 Å². The van der Waals surface area contributed by atoms with Gasteiger partial charge in [0.1, 0.15) is 0 Å². The molecule has 1 aromatic heterocycles. The number of nitrogens with one attached hydrogen (secondary N) is 1. The van der Waals surface area contributed by atoms with E-state index in [-0.39, 0.29) is 34.1 Å². The highest BCUT2D eigenvalue weighted by molar-refractivity contribution is 5.90. The highest BCUT2D eigenvalue weighted by atomic mass is 16.3. The number of hydrogen-bond donors (Lipinski definition) is 5. The molecule has 0 fully saturated rings. The van der Waals surface area contributed by atoms with E-state index in [1.807, 2.05) is 45.9 Å². The number of nitrogens with zero attached hydrogens (tertiary/aromatic N) is 1. The number of phenols is 4. The average Bonchev–Trinajstić information content (AvgIpc) is 2.77. The zero-order valence-electron chi connectivity index (χ0n) is 17.6. The van der Waals surface area contributed by atoms with Crippen LogP contribution in [0.3, 0.4) is 0 Å². The summed E-state index contributed by atoms with van der Waals surface area (Å²) in [6.07, 6.45) is 1.68. The molecular weight excluding hydrogens is 368 g/mol. The second-order valence-electron chi connectivity index (χ2n) is 5.66. The lowest BCUT2D eigenvalue weighted by atomic mass is 9.96. The van der Waals surface area contributed by atoms with Crippen molar-refractivity contribution in [2.75, 3.05) is 5.32 Å². The summed E-state index contributed by atoms with van der Waals surface area (Å²) in [6.45, 7) is 10.1. The second-order valence-corrected chi connectivity index (χ2v) is 5.66. The van der Waals surface area contributed by atoms with Crippen molar-refractivity contribution in [3.05, 3.63) is 59.9 Å². The maximum Gasteiger partial charge on any atom is 0.167 e. The summed E-state index contributed by atoms with van der Waals surface area (Å²) in [4.78, 5) is 4.22. The number of aromatic nitrogens is 1. The van der Waals surface area contributed by atoms with Crippen LogP contribution in [0.15, 0.2) is 48.7 Å². The fourth-order valence-electron chi connectivity index (χ4n) is 2.67. The second kappa shape index (κ2) is 11.4. The van der Waals surface area contributed by atoms with Gasteiger partial charge in [0.15, 0.2) is 23.0 Å². The Morgan fingerprint density at radius 3 is 1.93 bits per heavy atom. The van der Waals surface area contributed by atoms with Gasteiger partial charge >= 0.3 is 0 Å². The van der Waals surface area contributed by atoms with Gasteiger partial charge in [-0.1, -0.05) is 39.8 Å². The number of anilines is 1. The highest BCUT2D eigenvalue weighted by Crippen LogP contribution is 2.48. The van der Waals surface area contributed by atoms with Gasteiger partial charge in [-0.15, -0.1) is 0 Å². The molecule has 1 heterocycles. The van der Waals surface area contributed by atoms with Crippen LogP contribution >= 0.6 is 0 Å². The third-order valence-corrected chi connectivity index (χ3v) is 3.96. The van der Waals surface area contributed by atoms with Gasteiger partial charge in [-0.05, 0) is 42.8 Å². The van der Waals surface area contributed by atoms with E-state index in [2.05, 4.69) is 10.3 Å². The van der Waals surface area contributed by atoms with Crippen molar-refractivity contribution in [1.29, 1.82) is 0 Å². The van der Waals surface area contributed by atoms with E-state index in [4.69, 9.17) is 0 Å². The van der Waals surface area contributed by atoms with Gasteiger partial charge in [-0.25, -0.2) is 0 Å². The minimum absolute atomic E-state index is 0.210. The maximum atomic E-state index is 10.4. The zero-order valence-corrected chi connectivity index (χ0v) is 17.6. The van der Waals surface area contributed by atoms with Crippen molar-refractivity contribution in [1.82, 2.24) is 4.98 Å². The van der Waals surface area contributed by atoms with Crippen LogP contribution < -0.4 is 5.32 Å². The lowest BCUT2D eigenvalue weighted by Gasteiger charge is -2.17. The quantitative estimate of drug-likeness (QED) is 0.292. The Bertz CT molecular complexity index is 912. The Hall–Kier alpha value is -3.41. The van der Waals surface area contributed by atoms with E-state index in [9.17, 15) is 20.4 Å².